The molecule has 30 heavy (non-hydrogen) atoms. The van der Waals surface area contributed by atoms with Gasteiger partial charge in [-0.25, -0.2) is 4.79 Å². The normalized spacial score (nSPS) is 11.2. The van der Waals surface area contributed by atoms with Crippen molar-refractivity contribution >= 4 is 23.3 Å². The number of urea groups is 1. The molecule has 0 saturated carbocycles. The zero-order valence-corrected chi connectivity index (χ0v) is 19.2. The fraction of sp³-hybridized carbons (Fsp3) is 0.478. The average Bonchev–Trinajstić information content (AvgIpc) is 3.19. The van der Waals surface area contributed by atoms with Crippen molar-refractivity contribution in [1.29, 1.82) is 0 Å². The number of nitrogens with zero attached hydrogens (tertiary/aromatic N) is 2. The summed E-state index contributed by atoms with van der Waals surface area (Å²) in [6.45, 7) is 7.85. The monoisotopic (exact) mass is 431 g/mol. The molecule has 1 heterocycles. The van der Waals surface area contributed by atoms with Gasteiger partial charge in [0.15, 0.2) is 0 Å². The molecule has 0 spiro atoms. The van der Waals surface area contributed by atoms with E-state index in [2.05, 4.69) is 5.32 Å². The van der Waals surface area contributed by atoms with Gasteiger partial charge in [-0.2, -0.15) is 0 Å². The van der Waals surface area contributed by atoms with Crippen LogP contribution in [0.3, 0.4) is 0 Å². The van der Waals surface area contributed by atoms with E-state index in [1.54, 1.807) is 23.3 Å². The minimum Gasteiger partial charge on any atom is -0.385 e. The van der Waals surface area contributed by atoms with Crippen molar-refractivity contribution < 1.29 is 14.3 Å². The van der Waals surface area contributed by atoms with Crippen LogP contribution < -0.4 is 5.32 Å². The van der Waals surface area contributed by atoms with Gasteiger partial charge in [-0.15, -0.1) is 11.3 Å². The smallest absolute Gasteiger partial charge is 0.318 e. The molecule has 0 aliphatic carbocycles. The molecule has 0 bridgehead atoms. The summed E-state index contributed by atoms with van der Waals surface area (Å²) >= 11 is 1.63. The third-order valence-corrected chi connectivity index (χ3v) is 5.23. The van der Waals surface area contributed by atoms with Gasteiger partial charge < -0.3 is 19.9 Å². The lowest BCUT2D eigenvalue weighted by atomic mass is 10.1. The Morgan fingerprint density at radius 3 is 2.37 bits per heavy atom. The van der Waals surface area contributed by atoms with E-state index in [1.165, 1.54) is 0 Å². The van der Waals surface area contributed by atoms with Gasteiger partial charge in [0.2, 0.25) is 5.91 Å². The Balaban J connectivity index is 2.13. The maximum Gasteiger partial charge on any atom is 0.318 e. The molecular formula is C23H33N3O3S. The molecule has 3 amide bonds. The molecule has 0 aliphatic rings. The molecule has 0 atom stereocenters. The van der Waals surface area contributed by atoms with E-state index in [0.717, 1.165) is 10.4 Å². The Morgan fingerprint density at radius 1 is 1.03 bits per heavy atom. The summed E-state index contributed by atoms with van der Waals surface area (Å²) in [5, 5.41) is 4.97. The number of nitrogens with one attached hydrogen (secondary N) is 1. The lowest BCUT2D eigenvalue weighted by Gasteiger charge is -2.30. The lowest BCUT2D eigenvalue weighted by molar-refractivity contribution is -0.133. The maximum absolute atomic E-state index is 13.3. The first-order valence-corrected chi connectivity index (χ1v) is 11.1. The highest BCUT2D eigenvalue weighted by atomic mass is 32.1. The molecule has 0 fully saturated rings. The summed E-state index contributed by atoms with van der Waals surface area (Å²) in [6.07, 6.45) is 0.672. The number of ether oxygens (including phenoxy) is 1. The number of amides is 3. The average molecular weight is 432 g/mol. The van der Waals surface area contributed by atoms with E-state index < -0.39 is 0 Å². The predicted octanol–water partition coefficient (Wildman–Crippen LogP) is 4.12. The Bertz CT molecular complexity index is 773. The zero-order chi connectivity index (χ0) is 22.0. The van der Waals surface area contributed by atoms with Gasteiger partial charge >= 0.3 is 6.03 Å². The van der Waals surface area contributed by atoms with Crippen LogP contribution in [-0.4, -0.2) is 54.1 Å². The van der Waals surface area contributed by atoms with Crippen LogP contribution in [0.2, 0.25) is 0 Å². The number of carbonyl (C=O) groups is 2. The fourth-order valence-corrected chi connectivity index (χ4v) is 3.66. The summed E-state index contributed by atoms with van der Waals surface area (Å²) < 4.78 is 5.12. The van der Waals surface area contributed by atoms with Crippen molar-refractivity contribution in [3.05, 3.63) is 58.3 Å². The summed E-state index contributed by atoms with van der Waals surface area (Å²) in [5.41, 5.74) is 0.688. The third-order valence-electron chi connectivity index (χ3n) is 4.37. The molecular weight excluding hydrogens is 398 g/mol. The van der Waals surface area contributed by atoms with Crippen molar-refractivity contribution in [2.24, 2.45) is 0 Å². The number of hydrogen-bond acceptors (Lipinski definition) is 4. The van der Waals surface area contributed by atoms with Gasteiger partial charge in [0.05, 0.1) is 6.54 Å². The van der Waals surface area contributed by atoms with Crippen molar-refractivity contribution in [1.82, 2.24) is 15.1 Å². The molecule has 0 radical (unpaired) electrons. The van der Waals surface area contributed by atoms with Crippen LogP contribution in [0.1, 0.15) is 37.6 Å². The number of rotatable bonds is 10. The Hall–Kier alpha value is -2.38. The highest BCUT2D eigenvalue weighted by Gasteiger charge is 2.24. The van der Waals surface area contributed by atoms with E-state index >= 15 is 0 Å². The van der Waals surface area contributed by atoms with Gasteiger partial charge in [0, 0.05) is 37.2 Å². The van der Waals surface area contributed by atoms with Crippen LogP contribution in [0.15, 0.2) is 47.8 Å². The minimum atomic E-state index is -0.375. The number of carbonyl (C=O) groups excluding carboxylic acids is 2. The van der Waals surface area contributed by atoms with Crippen molar-refractivity contribution in [3.63, 3.8) is 0 Å². The highest BCUT2D eigenvalue weighted by Crippen LogP contribution is 2.15. The molecule has 7 heteroatoms. The second kappa shape index (κ2) is 11.7. The summed E-state index contributed by atoms with van der Waals surface area (Å²) in [4.78, 5) is 30.6. The molecule has 0 saturated heterocycles. The second-order valence-electron chi connectivity index (χ2n) is 8.26. The number of thiophene rings is 1. The largest absolute Gasteiger partial charge is 0.385 e. The predicted molar refractivity (Wildman–Crippen MR) is 121 cm³/mol. The summed E-state index contributed by atoms with van der Waals surface area (Å²) in [5.74, 6) is -0.0753. The molecule has 1 N–H and O–H groups in total. The Kier molecular flexibility index (Phi) is 9.33. The zero-order valence-electron chi connectivity index (χ0n) is 18.4. The molecule has 0 unspecified atom stereocenters. The molecule has 0 aliphatic heterocycles. The van der Waals surface area contributed by atoms with Crippen molar-refractivity contribution in [2.45, 2.75) is 45.8 Å². The van der Waals surface area contributed by atoms with Crippen molar-refractivity contribution in [3.8, 4) is 0 Å². The van der Waals surface area contributed by atoms with Crippen LogP contribution >= 0.6 is 11.3 Å². The molecule has 1 aromatic carbocycles. The highest BCUT2D eigenvalue weighted by molar-refractivity contribution is 7.09. The topological polar surface area (TPSA) is 61.9 Å². The van der Waals surface area contributed by atoms with Crippen LogP contribution in [0, 0.1) is 0 Å². The Morgan fingerprint density at radius 2 is 1.77 bits per heavy atom. The number of benzene rings is 1. The Labute approximate surface area is 183 Å². The summed E-state index contributed by atoms with van der Waals surface area (Å²) in [6, 6.07) is 13.7. The van der Waals surface area contributed by atoms with Gasteiger partial charge in [-0.1, -0.05) is 36.4 Å². The molecule has 2 aromatic rings. The van der Waals surface area contributed by atoms with E-state index in [4.69, 9.17) is 4.74 Å². The van der Waals surface area contributed by atoms with Gasteiger partial charge in [-0.3, -0.25) is 4.79 Å². The SMILES string of the molecule is COCCCN(CC(=O)N(Cc1ccccc1)Cc1cccs1)C(=O)NC(C)(C)C. The van der Waals surface area contributed by atoms with E-state index in [-0.39, 0.29) is 24.0 Å². The molecule has 2 rings (SSSR count). The van der Waals surface area contributed by atoms with Crippen molar-refractivity contribution in [2.75, 3.05) is 26.8 Å². The number of methoxy groups -OCH3 is 1. The van der Waals surface area contributed by atoms with Crippen LogP contribution in [0.4, 0.5) is 4.79 Å². The van der Waals surface area contributed by atoms with Crippen LogP contribution in [0.5, 0.6) is 0 Å². The van der Waals surface area contributed by atoms with Gasteiger partial charge in [0.25, 0.3) is 0 Å². The lowest BCUT2D eigenvalue weighted by Crippen LogP contribution is -2.51. The molecule has 164 valence electrons. The van der Waals surface area contributed by atoms with E-state index in [0.29, 0.717) is 32.7 Å². The first-order chi connectivity index (χ1) is 14.3. The van der Waals surface area contributed by atoms with Crippen LogP contribution in [-0.2, 0) is 22.6 Å². The second-order valence-corrected chi connectivity index (χ2v) is 9.30. The van der Waals surface area contributed by atoms with E-state index in [1.807, 2.05) is 73.5 Å². The number of hydrogen-bond donors (Lipinski definition) is 1. The summed E-state index contributed by atoms with van der Waals surface area (Å²) in [7, 11) is 1.63. The fourth-order valence-electron chi connectivity index (χ4n) is 2.94. The first kappa shape index (κ1) is 23.9. The minimum absolute atomic E-state index is 0.0316. The quantitative estimate of drug-likeness (QED) is 0.576. The van der Waals surface area contributed by atoms with Crippen LogP contribution in [0.25, 0.3) is 0 Å². The molecule has 6 nitrogen and oxygen atoms in total. The standard InChI is InChI=1S/C23H33N3O3S/c1-23(2,3)24-22(28)25(13-9-14-29-4)18-21(27)26(17-20-12-8-15-30-20)16-19-10-6-5-7-11-19/h5-8,10-12,15H,9,13-14,16-18H2,1-4H3,(H,24,28). The van der Waals surface area contributed by atoms with E-state index in [9.17, 15) is 9.59 Å². The van der Waals surface area contributed by atoms with Gasteiger partial charge in [-0.05, 0) is 44.2 Å². The third kappa shape index (κ3) is 8.55. The molecule has 1 aromatic heterocycles. The first-order valence-electron chi connectivity index (χ1n) is 10.2. The maximum atomic E-state index is 13.3. The van der Waals surface area contributed by atoms with Gasteiger partial charge in [0.1, 0.15) is 6.54 Å².